The second kappa shape index (κ2) is 5.83. The van der Waals surface area contributed by atoms with Crippen LogP contribution in [0, 0.1) is 11.8 Å². The van der Waals surface area contributed by atoms with Gasteiger partial charge in [-0.25, -0.2) is 0 Å². The van der Waals surface area contributed by atoms with Crippen molar-refractivity contribution < 1.29 is 4.79 Å². The monoisotopic (exact) mass is 241 g/mol. The van der Waals surface area contributed by atoms with Crippen LogP contribution in [0.4, 0.5) is 0 Å². The molecule has 0 saturated heterocycles. The average Bonchev–Trinajstić information content (AvgIpc) is 2.90. The Morgan fingerprint density at radius 1 is 1.59 bits per heavy atom. The zero-order chi connectivity index (χ0) is 13.1. The van der Waals surface area contributed by atoms with Gasteiger partial charge in [-0.05, 0) is 45.2 Å². The molecule has 4 heteroatoms. The maximum Gasteiger partial charge on any atom is 0.238 e. The fraction of sp³-hybridized carbons (Fsp3) is 0.923. The van der Waals surface area contributed by atoms with Crippen LogP contribution in [-0.2, 0) is 4.79 Å². The highest BCUT2D eigenvalue weighted by molar-refractivity contribution is 5.84. The zero-order valence-electron chi connectivity index (χ0n) is 11.6. The number of nitrogens with one attached hydrogen (secondary N) is 1. The molecule has 0 aromatic carbocycles. The van der Waals surface area contributed by atoms with E-state index in [0.717, 1.165) is 31.3 Å². The molecule has 0 aliphatic heterocycles. The Bertz CT molecular complexity index is 269. The van der Waals surface area contributed by atoms with E-state index in [1.807, 2.05) is 6.92 Å². The van der Waals surface area contributed by atoms with Gasteiger partial charge in [0.25, 0.3) is 0 Å². The molecule has 3 N–H and O–H groups in total. The smallest absolute Gasteiger partial charge is 0.238 e. The third-order valence-corrected chi connectivity index (χ3v) is 3.72. The van der Waals surface area contributed by atoms with Gasteiger partial charge in [-0.3, -0.25) is 4.79 Å². The highest BCUT2D eigenvalue weighted by Crippen LogP contribution is 2.38. The summed E-state index contributed by atoms with van der Waals surface area (Å²) in [6.45, 7) is 8.85. The van der Waals surface area contributed by atoms with Gasteiger partial charge in [0.05, 0.1) is 0 Å². The largest absolute Gasteiger partial charge is 0.368 e. The summed E-state index contributed by atoms with van der Waals surface area (Å²) in [6.07, 6.45) is 2.33. The summed E-state index contributed by atoms with van der Waals surface area (Å²) in [5.41, 5.74) is 4.90. The lowest BCUT2D eigenvalue weighted by Gasteiger charge is -2.32. The van der Waals surface area contributed by atoms with Crippen molar-refractivity contribution in [2.75, 3.05) is 26.7 Å². The highest BCUT2D eigenvalue weighted by Gasteiger charge is 2.36. The van der Waals surface area contributed by atoms with Crippen molar-refractivity contribution in [3.8, 4) is 0 Å². The molecule has 0 bridgehead atoms. The van der Waals surface area contributed by atoms with E-state index in [1.165, 1.54) is 6.42 Å². The molecule has 0 spiro atoms. The second-order valence-electron chi connectivity index (χ2n) is 5.79. The lowest BCUT2D eigenvalue weighted by molar-refractivity contribution is -0.124. The van der Waals surface area contributed by atoms with Crippen LogP contribution in [0.1, 0.15) is 33.6 Å². The van der Waals surface area contributed by atoms with Crippen LogP contribution in [0.25, 0.3) is 0 Å². The molecule has 3 atom stereocenters. The fourth-order valence-corrected chi connectivity index (χ4v) is 2.28. The van der Waals surface area contributed by atoms with E-state index >= 15 is 0 Å². The molecule has 1 fully saturated rings. The third-order valence-electron chi connectivity index (χ3n) is 3.72. The van der Waals surface area contributed by atoms with Crippen LogP contribution in [0.3, 0.4) is 0 Å². The number of hydrogen-bond acceptors (Lipinski definition) is 3. The number of rotatable bonds is 8. The number of likely N-dealkylation sites (N-methyl/N-ethyl adjacent to an activating group) is 1. The minimum absolute atomic E-state index is 0.262. The summed E-state index contributed by atoms with van der Waals surface area (Å²) >= 11 is 0. The van der Waals surface area contributed by atoms with E-state index in [9.17, 15) is 4.79 Å². The maximum absolute atomic E-state index is 11.6. The first-order chi connectivity index (χ1) is 7.89. The fourth-order valence-electron chi connectivity index (χ4n) is 2.28. The molecule has 0 aromatic heterocycles. The number of primary amides is 1. The molecule has 17 heavy (non-hydrogen) atoms. The predicted molar refractivity (Wildman–Crippen MR) is 70.7 cm³/mol. The number of amides is 1. The first kappa shape index (κ1) is 14.5. The van der Waals surface area contributed by atoms with E-state index in [2.05, 4.69) is 31.1 Å². The molecule has 1 aliphatic carbocycles. The standard InChI is InChI=1S/C13H27N3O/c1-5-6-15-13(3,12(14)17)9-16(4)8-11-7-10(11)2/h10-11,15H,5-9H2,1-4H3,(H2,14,17). The molecular formula is C13H27N3O. The molecule has 1 amide bonds. The molecule has 0 radical (unpaired) electrons. The molecular weight excluding hydrogens is 214 g/mol. The van der Waals surface area contributed by atoms with Crippen molar-refractivity contribution in [2.24, 2.45) is 17.6 Å². The number of nitrogens with two attached hydrogens (primary N) is 1. The topological polar surface area (TPSA) is 58.4 Å². The zero-order valence-corrected chi connectivity index (χ0v) is 11.6. The average molecular weight is 241 g/mol. The van der Waals surface area contributed by atoms with E-state index in [0.29, 0.717) is 6.54 Å². The molecule has 100 valence electrons. The Balaban J connectivity index is 2.44. The van der Waals surface area contributed by atoms with Gasteiger partial charge in [-0.2, -0.15) is 0 Å². The maximum atomic E-state index is 11.6. The molecule has 0 heterocycles. The van der Waals surface area contributed by atoms with Crippen molar-refractivity contribution in [3.05, 3.63) is 0 Å². The summed E-state index contributed by atoms with van der Waals surface area (Å²) in [7, 11) is 2.07. The van der Waals surface area contributed by atoms with Crippen molar-refractivity contribution in [1.29, 1.82) is 0 Å². The van der Waals surface area contributed by atoms with Crippen molar-refractivity contribution in [1.82, 2.24) is 10.2 Å². The van der Waals surface area contributed by atoms with Gasteiger partial charge in [0.15, 0.2) is 0 Å². The van der Waals surface area contributed by atoms with E-state index in [1.54, 1.807) is 0 Å². The third kappa shape index (κ3) is 4.28. The van der Waals surface area contributed by atoms with Crippen LogP contribution >= 0.6 is 0 Å². The Labute approximate surface area is 105 Å². The second-order valence-corrected chi connectivity index (χ2v) is 5.79. The summed E-state index contributed by atoms with van der Waals surface area (Å²) in [5, 5.41) is 3.26. The minimum Gasteiger partial charge on any atom is -0.368 e. The first-order valence-corrected chi connectivity index (χ1v) is 6.62. The van der Waals surface area contributed by atoms with E-state index in [-0.39, 0.29) is 5.91 Å². The van der Waals surface area contributed by atoms with Gasteiger partial charge >= 0.3 is 0 Å². The lowest BCUT2D eigenvalue weighted by Crippen LogP contribution is -2.59. The minimum atomic E-state index is -0.608. The summed E-state index contributed by atoms with van der Waals surface area (Å²) in [4.78, 5) is 13.8. The Morgan fingerprint density at radius 3 is 2.59 bits per heavy atom. The number of carbonyl (C=O) groups excluding carboxylic acids is 1. The first-order valence-electron chi connectivity index (χ1n) is 6.62. The van der Waals surface area contributed by atoms with Crippen LogP contribution in [0.5, 0.6) is 0 Å². The van der Waals surface area contributed by atoms with Crippen molar-refractivity contribution in [3.63, 3.8) is 0 Å². The normalized spacial score (nSPS) is 26.9. The van der Waals surface area contributed by atoms with Gasteiger partial charge in [-0.1, -0.05) is 13.8 Å². The predicted octanol–water partition coefficient (Wildman–Crippen LogP) is 0.818. The van der Waals surface area contributed by atoms with Gasteiger partial charge in [0.2, 0.25) is 5.91 Å². The highest BCUT2D eigenvalue weighted by atomic mass is 16.1. The SMILES string of the molecule is CCCNC(C)(CN(C)CC1CC1C)C(N)=O. The number of nitrogens with zero attached hydrogens (tertiary/aromatic N) is 1. The Kier molecular flexibility index (Phi) is 4.95. The van der Waals surface area contributed by atoms with E-state index in [4.69, 9.17) is 5.73 Å². The number of carbonyl (C=O) groups is 1. The molecule has 3 unspecified atom stereocenters. The van der Waals surface area contributed by atoms with Crippen molar-refractivity contribution >= 4 is 5.91 Å². The van der Waals surface area contributed by atoms with Gasteiger partial charge in [-0.15, -0.1) is 0 Å². The Hall–Kier alpha value is -0.610. The quantitative estimate of drug-likeness (QED) is 0.661. The van der Waals surface area contributed by atoms with Crippen LogP contribution in [0.2, 0.25) is 0 Å². The molecule has 4 nitrogen and oxygen atoms in total. The van der Waals surface area contributed by atoms with Crippen LogP contribution in [0.15, 0.2) is 0 Å². The Morgan fingerprint density at radius 2 is 2.18 bits per heavy atom. The molecule has 0 aromatic rings. The van der Waals surface area contributed by atoms with Gasteiger partial charge in [0.1, 0.15) is 5.54 Å². The lowest BCUT2D eigenvalue weighted by atomic mass is 10.0. The van der Waals surface area contributed by atoms with Gasteiger partial charge < -0.3 is 16.0 Å². The molecule has 1 rings (SSSR count). The summed E-state index contributed by atoms with van der Waals surface area (Å²) in [5.74, 6) is 1.39. The molecule has 1 saturated carbocycles. The summed E-state index contributed by atoms with van der Waals surface area (Å²) in [6, 6.07) is 0. The van der Waals surface area contributed by atoms with Gasteiger partial charge in [0, 0.05) is 13.1 Å². The molecule has 1 aliphatic rings. The summed E-state index contributed by atoms with van der Waals surface area (Å²) < 4.78 is 0. The van der Waals surface area contributed by atoms with E-state index < -0.39 is 5.54 Å². The van der Waals surface area contributed by atoms with Crippen LogP contribution in [-0.4, -0.2) is 43.0 Å². The number of hydrogen-bond donors (Lipinski definition) is 2. The van der Waals surface area contributed by atoms with Crippen molar-refractivity contribution in [2.45, 2.75) is 39.2 Å². The van der Waals surface area contributed by atoms with Crippen LogP contribution < -0.4 is 11.1 Å².